The van der Waals surface area contributed by atoms with Crippen molar-refractivity contribution in [2.75, 3.05) is 13.2 Å². The predicted octanol–water partition coefficient (Wildman–Crippen LogP) is 2.12. The van der Waals surface area contributed by atoms with Crippen LogP contribution in [0.2, 0.25) is 0 Å². The molecule has 2 saturated heterocycles. The first-order valence-corrected chi connectivity index (χ1v) is 7.48. The molecule has 2 fully saturated rings. The predicted molar refractivity (Wildman–Crippen MR) is 73.7 cm³/mol. The van der Waals surface area contributed by atoms with Gasteiger partial charge in [-0.15, -0.1) is 0 Å². The van der Waals surface area contributed by atoms with Crippen molar-refractivity contribution in [3.05, 3.63) is 35.9 Å². The highest BCUT2D eigenvalue weighted by Gasteiger charge is 2.42. The number of ether oxygens (including phenoxy) is 1. The van der Waals surface area contributed by atoms with E-state index in [0.717, 1.165) is 44.2 Å². The first-order chi connectivity index (χ1) is 10.3. The van der Waals surface area contributed by atoms with Gasteiger partial charge >= 0.3 is 0 Å². The maximum atomic E-state index is 5.90. The Hall–Kier alpha value is -1.66. The SMILES string of the molecule is Cc1noc([C@H]2C[C@@H]3OCC[C@@H]3N(Cc3ccco3)C2)n1. The minimum Gasteiger partial charge on any atom is -0.468 e. The molecular formula is C15H19N3O3. The van der Waals surface area contributed by atoms with Crippen molar-refractivity contribution in [3.63, 3.8) is 0 Å². The van der Waals surface area contributed by atoms with Gasteiger partial charge in [-0.2, -0.15) is 4.98 Å². The Balaban J connectivity index is 1.55. The van der Waals surface area contributed by atoms with Crippen molar-refractivity contribution in [2.24, 2.45) is 0 Å². The summed E-state index contributed by atoms with van der Waals surface area (Å²) >= 11 is 0. The summed E-state index contributed by atoms with van der Waals surface area (Å²) in [6, 6.07) is 4.42. The van der Waals surface area contributed by atoms with Gasteiger partial charge in [-0.25, -0.2) is 0 Å². The van der Waals surface area contributed by atoms with E-state index in [1.54, 1.807) is 6.26 Å². The Kier molecular flexibility index (Phi) is 3.27. The van der Waals surface area contributed by atoms with E-state index in [4.69, 9.17) is 13.7 Å². The maximum Gasteiger partial charge on any atom is 0.231 e. The largest absolute Gasteiger partial charge is 0.468 e. The van der Waals surface area contributed by atoms with Gasteiger partial charge in [0.2, 0.25) is 5.89 Å². The van der Waals surface area contributed by atoms with Crippen molar-refractivity contribution in [3.8, 4) is 0 Å². The van der Waals surface area contributed by atoms with Crippen LogP contribution in [0.1, 0.15) is 36.2 Å². The minimum atomic E-state index is 0.237. The molecule has 0 aliphatic carbocycles. The van der Waals surface area contributed by atoms with E-state index < -0.39 is 0 Å². The van der Waals surface area contributed by atoms with Gasteiger partial charge in [0, 0.05) is 19.2 Å². The zero-order valence-electron chi connectivity index (χ0n) is 12.1. The average molecular weight is 289 g/mol. The van der Waals surface area contributed by atoms with Gasteiger partial charge in [0.25, 0.3) is 0 Å². The number of aryl methyl sites for hydroxylation is 1. The molecule has 112 valence electrons. The van der Waals surface area contributed by atoms with Gasteiger partial charge < -0.3 is 13.7 Å². The van der Waals surface area contributed by atoms with Crippen LogP contribution in [0.25, 0.3) is 0 Å². The van der Waals surface area contributed by atoms with Crippen LogP contribution < -0.4 is 0 Å². The second kappa shape index (κ2) is 5.27. The molecule has 2 aliphatic heterocycles. The molecule has 0 unspecified atom stereocenters. The average Bonchev–Trinajstić information content (AvgIpc) is 3.18. The number of piperidine rings is 1. The highest BCUT2D eigenvalue weighted by atomic mass is 16.5. The second-order valence-electron chi connectivity index (χ2n) is 5.89. The molecule has 0 amide bonds. The molecular weight excluding hydrogens is 270 g/mol. The fourth-order valence-corrected chi connectivity index (χ4v) is 3.50. The van der Waals surface area contributed by atoms with Gasteiger partial charge in [-0.3, -0.25) is 4.90 Å². The number of hydrogen-bond acceptors (Lipinski definition) is 6. The summed E-state index contributed by atoms with van der Waals surface area (Å²) in [6.07, 6.45) is 4.02. The van der Waals surface area contributed by atoms with Crippen LogP contribution in [0.5, 0.6) is 0 Å². The number of likely N-dealkylation sites (tertiary alicyclic amines) is 1. The third-order valence-corrected chi connectivity index (χ3v) is 4.45. The molecule has 21 heavy (non-hydrogen) atoms. The molecule has 4 rings (SSSR count). The Morgan fingerprint density at radius 1 is 1.43 bits per heavy atom. The lowest BCUT2D eigenvalue weighted by Crippen LogP contribution is -2.48. The van der Waals surface area contributed by atoms with Gasteiger partial charge in [0.1, 0.15) is 5.76 Å². The topological polar surface area (TPSA) is 64.5 Å². The number of rotatable bonds is 3. The molecule has 6 nitrogen and oxygen atoms in total. The van der Waals surface area contributed by atoms with Gasteiger partial charge in [0.15, 0.2) is 5.82 Å². The highest BCUT2D eigenvalue weighted by Crippen LogP contribution is 2.36. The molecule has 3 atom stereocenters. The summed E-state index contributed by atoms with van der Waals surface area (Å²) in [7, 11) is 0. The molecule has 2 aromatic rings. The highest BCUT2D eigenvalue weighted by molar-refractivity contribution is 5.05. The van der Waals surface area contributed by atoms with Gasteiger partial charge in [-0.1, -0.05) is 5.16 Å². The van der Waals surface area contributed by atoms with Gasteiger partial charge in [-0.05, 0) is 31.9 Å². The monoisotopic (exact) mass is 289 g/mol. The molecule has 0 saturated carbocycles. The minimum absolute atomic E-state index is 0.237. The Morgan fingerprint density at radius 2 is 2.38 bits per heavy atom. The third kappa shape index (κ3) is 2.49. The Bertz CT molecular complexity index is 595. The van der Waals surface area contributed by atoms with E-state index in [9.17, 15) is 0 Å². The molecule has 0 aromatic carbocycles. The van der Waals surface area contributed by atoms with Crippen LogP contribution >= 0.6 is 0 Å². The lowest BCUT2D eigenvalue weighted by atomic mass is 9.90. The number of nitrogens with zero attached hydrogens (tertiary/aromatic N) is 3. The first kappa shape index (κ1) is 13.0. The summed E-state index contributed by atoms with van der Waals surface area (Å²) in [5.41, 5.74) is 0. The normalized spacial score (nSPS) is 29.7. The lowest BCUT2D eigenvalue weighted by molar-refractivity contribution is 0.00605. The van der Waals surface area contributed by atoms with E-state index in [0.29, 0.717) is 11.9 Å². The van der Waals surface area contributed by atoms with Crippen LogP contribution in [0.4, 0.5) is 0 Å². The number of fused-ring (bicyclic) bond motifs is 1. The Labute approximate surface area is 123 Å². The van der Waals surface area contributed by atoms with Crippen LogP contribution in [0, 0.1) is 6.92 Å². The lowest BCUT2D eigenvalue weighted by Gasteiger charge is -2.39. The van der Waals surface area contributed by atoms with E-state index >= 15 is 0 Å². The fraction of sp³-hybridized carbons (Fsp3) is 0.600. The molecule has 4 heterocycles. The van der Waals surface area contributed by atoms with E-state index in [-0.39, 0.29) is 12.0 Å². The molecule has 6 heteroatoms. The van der Waals surface area contributed by atoms with Crippen molar-refractivity contribution in [2.45, 2.75) is 44.4 Å². The van der Waals surface area contributed by atoms with Crippen LogP contribution in [-0.2, 0) is 11.3 Å². The summed E-state index contributed by atoms with van der Waals surface area (Å²) < 4.78 is 16.8. The Morgan fingerprint density at radius 3 is 3.14 bits per heavy atom. The van der Waals surface area contributed by atoms with Crippen molar-refractivity contribution < 1.29 is 13.7 Å². The molecule has 0 bridgehead atoms. The van der Waals surface area contributed by atoms with E-state index in [1.807, 2.05) is 19.1 Å². The summed E-state index contributed by atoms with van der Waals surface area (Å²) in [6.45, 7) is 4.40. The molecule has 0 radical (unpaired) electrons. The first-order valence-electron chi connectivity index (χ1n) is 7.48. The van der Waals surface area contributed by atoms with E-state index in [2.05, 4.69) is 15.0 Å². The summed E-state index contributed by atoms with van der Waals surface area (Å²) in [5, 5.41) is 3.91. The quantitative estimate of drug-likeness (QED) is 0.862. The van der Waals surface area contributed by atoms with Crippen molar-refractivity contribution in [1.82, 2.24) is 15.0 Å². The third-order valence-electron chi connectivity index (χ3n) is 4.45. The summed E-state index contributed by atoms with van der Waals surface area (Å²) in [4.78, 5) is 6.83. The van der Waals surface area contributed by atoms with Crippen molar-refractivity contribution >= 4 is 0 Å². The molecule has 0 N–H and O–H groups in total. The number of furan rings is 1. The fourth-order valence-electron chi connectivity index (χ4n) is 3.50. The second-order valence-corrected chi connectivity index (χ2v) is 5.89. The maximum absolute atomic E-state index is 5.90. The van der Waals surface area contributed by atoms with Crippen LogP contribution in [0.15, 0.2) is 27.3 Å². The zero-order valence-corrected chi connectivity index (χ0v) is 12.1. The van der Waals surface area contributed by atoms with E-state index in [1.165, 1.54) is 0 Å². The van der Waals surface area contributed by atoms with Gasteiger partial charge in [0.05, 0.1) is 24.8 Å². The smallest absolute Gasteiger partial charge is 0.231 e. The van der Waals surface area contributed by atoms with Crippen molar-refractivity contribution in [1.29, 1.82) is 0 Å². The molecule has 2 aromatic heterocycles. The van der Waals surface area contributed by atoms with Crippen LogP contribution in [0.3, 0.4) is 0 Å². The molecule has 0 spiro atoms. The zero-order chi connectivity index (χ0) is 14.2. The summed E-state index contributed by atoms with van der Waals surface area (Å²) in [5.74, 6) is 2.64. The molecule has 2 aliphatic rings. The number of aromatic nitrogens is 2. The van der Waals surface area contributed by atoms with Crippen LogP contribution in [-0.4, -0.2) is 40.3 Å². The number of hydrogen-bond donors (Lipinski definition) is 0. The standard InChI is InChI=1S/C15H19N3O3/c1-10-16-15(21-17-10)11-7-14-13(4-6-20-14)18(8-11)9-12-3-2-5-19-12/h2-3,5,11,13-14H,4,6-9H2,1H3/t11-,13-,14-/m0/s1.